The highest BCUT2D eigenvalue weighted by atomic mass is 16.2. The number of hydrogen-bond acceptors (Lipinski definition) is 2. The summed E-state index contributed by atoms with van der Waals surface area (Å²) in [7, 11) is 0. The fourth-order valence-corrected chi connectivity index (χ4v) is 3.53. The van der Waals surface area contributed by atoms with Crippen LogP contribution in [0.5, 0.6) is 0 Å². The Labute approximate surface area is 135 Å². The summed E-state index contributed by atoms with van der Waals surface area (Å²) in [5.74, 6) is 0.203. The van der Waals surface area contributed by atoms with Crippen molar-refractivity contribution >= 4 is 5.91 Å². The summed E-state index contributed by atoms with van der Waals surface area (Å²) in [6, 6.07) is 2.06. The second kappa shape index (κ2) is 7.82. The first-order chi connectivity index (χ1) is 10.6. The molecule has 1 saturated heterocycles. The third kappa shape index (κ3) is 3.72. The van der Waals surface area contributed by atoms with Crippen molar-refractivity contribution < 1.29 is 4.79 Å². The zero-order valence-corrected chi connectivity index (χ0v) is 14.7. The summed E-state index contributed by atoms with van der Waals surface area (Å²) in [5.41, 5.74) is 3.17. The topological polar surface area (TPSA) is 28.5 Å². The highest BCUT2D eigenvalue weighted by Gasteiger charge is 2.21. The lowest BCUT2D eigenvalue weighted by molar-refractivity contribution is 0.0739. The quantitative estimate of drug-likeness (QED) is 0.774. The summed E-state index contributed by atoms with van der Waals surface area (Å²) in [6.07, 6.45) is 3.62. The summed E-state index contributed by atoms with van der Waals surface area (Å²) in [5, 5.41) is 0. The fourth-order valence-electron chi connectivity index (χ4n) is 3.53. The molecule has 2 heterocycles. The second-order valence-electron chi connectivity index (χ2n) is 6.37. The van der Waals surface area contributed by atoms with E-state index in [1.54, 1.807) is 0 Å². The van der Waals surface area contributed by atoms with Crippen LogP contribution in [0.3, 0.4) is 0 Å². The molecule has 4 heteroatoms. The molecule has 1 aromatic heterocycles. The normalized spacial score (nSPS) is 15.5. The largest absolute Gasteiger partial charge is 0.349 e. The van der Waals surface area contributed by atoms with Gasteiger partial charge in [0.05, 0.1) is 5.56 Å². The van der Waals surface area contributed by atoms with Crippen LogP contribution in [0.1, 0.15) is 54.9 Å². The van der Waals surface area contributed by atoms with Crippen LogP contribution in [-0.2, 0) is 6.54 Å². The van der Waals surface area contributed by atoms with Gasteiger partial charge in [-0.05, 0) is 59.2 Å². The number of likely N-dealkylation sites (tertiary alicyclic amines) is 1. The van der Waals surface area contributed by atoms with E-state index in [1.807, 2.05) is 4.90 Å². The Kier molecular flexibility index (Phi) is 6.07. The van der Waals surface area contributed by atoms with Gasteiger partial charge >= 0.3 is 0 Å². The van der Waals surface area contributed by atoms with Gasteiger partial charge in [-0.25, -0.2) is 0 Å². The standard InChI is InChI=1S/C18H31N3O/c1-5-9-20(13-12-19-10-7-8-11-19)18(22)17-14-15(3)21(6-2)16(17)4/h14H,5-13H2,1-4H3. The highest BCUT2D eigenvalue weighted by molar-refractivity contribution is 5.95. The summed E-state index contributed by atoms with van der Waals surface area (Å²) < 4.78 is 2.22. The number of nitrogens with zero attached hydrogens (tertiary/aromatic N) is 3. The minimum Gasteiger partial charge on any atom is -0.349 e. The number of carbonyl (C=O) groups is 1. The summed E-state index contributed by atoms with van der Waals surface area (Å²) in [6.45, 7) is 14.4. The van der Waals surface area contributed by atoms with Crippen molar-refractivity contribution in [1.29, 1.82) is 0 Å². The molecule has 0 bridgehead atoms. The summed E-state index contributed by atoms with van der Waals surface area (Å²) in [4.78, 5) is 17.5. The van der Waals surface area contributed by atoms with Crippen molar-refractivity contribution in [3.8, 4) is 0 Å². The number of rotatable bonds is 7. The number of amides is 1. The molecule has 1 aliphatic rings. The van der Waals surface area contributed by atoms with E-state index in [4.69, 9.17) is 0 Å². The Balaban J connectivity index is 2.08. The van der Waals surface area contributed by atoms with Crippen LogP contribution in [0.25, 0.3) is 0 Å². The van der Waals surface area contributed by atoms with Gasteiger partial charge in [-0.1, -0.05) is 6.92 Å². The average molecular weight is 305 g/mol. The molecule has 0 saturated carbocycles. The SMILES string of the molecule is CCCN(CCN1CCCC1)C(=O)c1cc(C)n(CC)c1C. The first-order valence-electron chi connectivity index (χ1n) is 8.76. The average Bonchev–Trinajstić information content (AvgIpc) is 3.11. The highest BCUT2D eigenvalue weighted by Crippen LogP contribution is 2.17. The molecule has 1 aliphatic heterocycles. The monoisotopic (exact) mass is 305 g/mol. The van der Waals surface area contributed by atoms with E-state index in [1.165, 1.54) is 31.6 Å². The van der Waals surface area contributed by atoms with Gasteiger partial charge in [-0.2, -0.15) is 0 Å². The minimum absolute atomic E-state index is 0.203. The third-order valence-electron chi connectivity index (χ3n) is 4.79. The Hall–Kier alpha value is -1.29. The molecule has 0 radical (unpaired) electrons. The smallest absolute Gasteiger partial charge is 0.255 e. The predicted molar refractivity (Wildman–Crippen MR) is 91.4 cm³/mol. The molecular formula is C18H31N3O. The first kappa shape index (κ1) is 17.1. The van der Waals surface area contributed by atoms with E-state index in [9.17, 15) is 4.79 Å². The van der Waals surface area contributed by atoms with Crippen molar-refractivity contribution in [3.63, 3.8) is 0 Å². The lowest BCUT2D eigenvalue weighted by atomic mass is 10.2. The number of aromatic nitrogens is 1. The van der Waals surface area contributed by atoms with Crippen molar-refractivity contribution in [3.05, 3.63) is 23.0 Å². The summed E-state index contributed by atoms with van der Waals surface area (Å²) >= 11 is 0. The number of hydrogen-bond donors (Lipinski definition) is 0. The minimum atomic E-state index is 0.203. The second-order valence-corrected chi connectivity index (χ2v) is 6.37. The maximum Gasteiger partial charge on any atom is 0.255 e. The van der Waals surface area contributed by atoms with E-state index >= 15 is 0 Å². The number of carbonyl (C=O) groups excluding carboxylic acids is 1. The molecule has 1 aromatic rings. The van der Waals surface area contributed by atoms with Crippen molar-refractivity contribution in [2.75, 3.05) is 32.7 Å². The molecular weight excluding hydrogens is 274 g/mol. The number of aryl methyl sites for hydroxylation is 1. The van der Waals surface area contributed by atoms with Gasteiger partial charge in [-0.15, -0.1) is 0 Å². The first-order valence-corrected chi connectivity index (χ1v) is 8.76. The van der Waals surface area contributed by atoms with E-state index < -0.39 is 0 Å². The molecule has 0 unspecified atom stereocenters. The Morgan fingerprint density at radius 1 is 1.18 bits per heavy atom. The zero-order valence-electron chi connectivity index (χ0n) is 14.7. The van der Waals surface area contributed by atoms with Crippen LogP contribution in [0, 0.1) is 13.8 Å². The van der Waals surface area contributed by atoms with Crippen LogP contribution in [0.2, 0.25) is 0 Å². The molecule has 22 heavy (non-hydrogen) atoms. The van der Waals surface area contributed by atoms with E-state index in [-0.39, 0.29) is 5.91 Å². The molecule has 124 valence electrons. The predicted octanol–water partition coefficient (Wildman–Crippen LogP) is 3.07. The molecule has 1 amide bonds. The molecule has 0 spiro atoms. The molecule has 4 nitrogen and oxygen atoms in total. The Morgan fingerprint density at radius 3 is 2.41 bits per heavy atom. The van der Waals surface area contributed by atoms with E-state index in [0.29, 0.717) is 0 Å². The van der Waals surface area contributed by atoms with Crippen LogP contribution >= 0.6 is 0 Å². The van der Waals surface area contributed by atoms with Gasteiger partial charge in [-0.3, -0.25) is 4.79 Å². The molecule has 0 aromatic carbocycles. The molecule has 1 fully saturated rings. The molecule has 0 atom stereocenters. The van der Waals surface area contributed by atoms with Gasteiger partial charge in [0, 0.05) is 37.6 Å². The van der Waals surface area contributed by atoms with Crippen LogP contribution in [-0.4, -0.2) is 53.0 Å². The lowest BCUT2D eigenvalue weighted by Gasteiger charge is -2.25. The maximum absolute atomic E-state index is 12.9. The third-order valence-corrected chi connectivity index (χ3v) is 4.79. The van der Waals surface area contributed by atoms with Crippen molar-refractivity contribution in [2.24, 2.45) is 0 Å². The van der Waals surface area contributed by atoms with Crippen LogP contribution in [0.4, 0.5) is 0 Å². The zero-order chi connectivity index (χ0) is 16.1. The van der Waals surface area contributed by atoms with Crippen LogP contribution < -0.4 is 0 Å². The molecule has 2 rings (SSSR count). The van der Waals surface area contributed by atoms with Gasteiger partial charge in [0.15, 0.2) is 0 Å². The van der Waals surface area contributed by atoms with Gasteiger partial charge in [0.2, 0.25) is 0 Å². The maximum atomic E-state index is 12.9. The van der Waals surface area contributed by atoms with Crippen LogP contribution in [0.15, 0.2) is 6.07 Å². The van der Waals surface area contributed by atoms with Gasteiger partial charge in [0.25, 0.3) is 5.91 Å². The Morgan fingerprint density at radius 2 is 1.86 bits per heavy atom. The van der Waals surface area contributed by atoms with Gasteiger partial charge < -0.3 is 14.4 Å². The molecule has 0 aliphatic carbocycles. The van der Waals surface area contributed by atoms with Gasteiger partial charge in [0.1, 0.15) is 0 Å². The van der Waals surface area contributed by atoms with E-state index in [0.717, 1.165) is 43.9 Å². The van der Waals surface area contributed by atoms with Crippen molar-refractivity contribution in [2.45, 2.75) is 53.5 Å². The lowest BCUT2D eigenvalue weighted by Crippen LogP contribution is -2.38. The fraction of sp³-hybridized carbons (Fsp3) is 0.722. The Bertz CT molecular complexity index is 501. The van der Waals surface area contributed by atoms with Crippen molar-refractivity contribution in [1.82, 2.24) is 14.4 Å². The molecule has 0 N–H and O–H groups in total. The van der Waals surface area contributed by atoms with E-state index in [2.05, 4.69) is 43.2 Å².